The Morgan fingerprint density at radius 2 is 1.88 bits per heavy atom. The van der Waals surface area contributed by atoms with Gasteiger partial charge >= 0.3 is 0 Å². The maximum atomic E-state index is 6.01. The number of nitrogens with zero attached hydrogens (tertiary/aromatic N) is 4. The fraction of sp³-hybridized carbons (Fsp3) is 0. The molecule has 0 aromatic carbocycles. The van der Waals surface area contributed by atoms with Gasteiger partial charge in [0.2, 0.25) is 0 Å². The van der Waals surface area contributed by atoms with Crippen LogP contribution in [0, 0.1) is 0 Å². The zero-order valence-electron chi connectivity index (χ0n) is 8.21. The van der Waals surface area contributed by atoms with Crippen LogP contribution < -0.4 is 0 Å². The topological polar surface area (TPSA) is 43.1 Å². The number of fused-ring (bicyclic) bond motifs is 1. The van der Waals surface area contributed by atoms with Crippen molar-refractivity contribution in [3.05, 3.63) is 48.0 Å². The molecule has 3 aromatic heterocycles. The van der Waals surface area contributed by atoms with Gasteiger partial charge < -0.3 is 0 Å². The first-order valence-corrected chi connectivity index (χ1v) is 5.13. The molecule has 0 amide bonds. The van der Waals surface area contributed by atoms with Crippen molar-refractivity contribution in [3.8, 4) is 11.3 Å². The third-order valence-corrected chi connectivity index (χ3v) is 2.57. The van der Waals surface area contributed by atoms with Gasteiger partial charge in [0.05, 0.1) is 5.69 Å². The van der Waals surface area contributed by atoms with E-state index < -0.39 is 0 Å². The van der Waals surface area contributed by atoms with Crippen LogP contribution in [0.1, 0.15) is 0 Å². The Morgan fingerprint density at radius 1 is 1.06 bits per heavy atom. The quantitative estimate of drug-likeness (QED) is 0.603. The molecule has 0 aliphatic rings. The van der Waals surface area contributed by atoms with Crippen LogP contribution in [0.5, 0.6) is 0 Å². The molecule has 3 heterocycles. The van der Waals surface area contributed by atoms with Crippen molar-refractivity contribution in [2.24, 2.45) is 0 Å². The smallest absolute Gasteiger partial charge is 0.157 e. The molecule has 5 heteroatoms. The third-order valence-electron chi connectivity index (χ3n) is 2.29. The first kappa shape index (κ1) is 9.30. The number of hydrogen-bond donors (Lipinski definition) is 0. The minimum Gasteiger partial charge on any atom is -0.265 e. The molecule has 0 saturated carbocycles. The van der Waals surface area contributed by atoms with E-state index >= 15 is 0 Å². The summed E-state index contributed by atoms with van der Waals surface area (Å²) in [7, 11) is 0. The molecule has 0 N–H and O–H groups in total. The van der Waals surface area contributed by atoms with E-state index in [1.807, 2.05) is 18.2 Å². The standard InChI is InChI=1S/C11H7ClN4/c12-10-3-6-14-11-7-9(15-16(10)11)8-1-4-13-5-2-8/h1-7H. The van der Waals surface area contributed by atoms with Crippen LogP contribution in [0.25, 0.3) is 16.9 Å². The van der Waals surface area contributed by atoms with Gasteiger partial charge in [-0.05, 0) is 18.2 Å². The van der Waals surface area contributed by atoms with Crippen LogP contribution in [0.3, 0.4) is 0 Å². The van der Waals surface area contributed by atoms with E-state index in [2.05, 4.69) is 15.1 Å². The number of aromatic nitrogens is 4. The summed E-state index contributed by atoms with van der Waals surface area (Å²) in [6.45, 7) is 0. The number of hydrogen-bond acceptors (Lipinski definition) is 3. The van der Waals surface area contributed by atoms with Crippen molar-refractivity contribution in [1.29, 1.82) is 0 Å². The molecule has 0 spiro atoms. The van der Waals surface area contributed by atoms with Crippen LogP contribution >= 0.6 is 11.6 Å². The summed E-state index contributed by atoms with van der Waals surface area (Å²) in [4.78, 5) is 8.15. The van der Waals surface area contributed by atoms with Gasteiger partial charge in [-0.1, -0.05) is 11.6 Å². The Labute approximate surface area is 96.5 Å². The van der Waals surface area contributed by atoms with Gasteiger partial charge in [0.15, 0.2) is 5.65 Å². The monoisotopic (exact) mass is 230 g/mol. The van der Waals surface area contributed by atoms with Crippen molar-refractivity contribution in [1.82, 2.24) is 19.6 Å². The zero-order valence-corrected chi connectivity index (χ0v) is 8.96. The molecule has 4 nitrogen and oxygen atoms in total. The van der Waals surface area contributed by atoms with E-state index in [0.717, 1.165) is 16.9 Å². The largest absolute Gasteiger partial charge is 0.265 e. The van der Waals surface area contributed by atoms with Crippen LogP contribution in [0.2, 0.25) is 5.15 Å². The normalized spacial score (nSPS) is 10.8. The first-order valence-electron chi connectivity index (χ1n) is 4.75. The van der Waals surface area contributed by atoms with Gasteiger partial charge in [0, 0.05) is 30.2 Å². The van der Waals surface area contributed by atoms with Gasteiger partial charge in [0.25, 0.3) is 0 Å². The summed E-state index contributed by atoms with van der Waals surface area (Å²) in [5, 5.41) is 4.92. The van der Waals surface area contributed by atoms with E-state index in [4.69, 9.17) is 11.6 Å². The molecule has 78 valence electrons. The van der Waals surface area contributed by atoms with E-state index in [0.29, 0.717) is 5.15 Å². The van der Waals surface area contributed by atoms with Gasteiger partial charge in [-0.15, -0.1) is 0 Å². The van der Waals surface area contributed by atoms with Gasteiger partial charge in [-0.3, -0.25) is 4.98 Å². The molecule has 3 aromatic rings. The van der Waals surface area contributed by atoms with Crippen molar-refractivity contribution in [2.75, 3.05) is 0 Å². The zero-order chi connectivity index (χ0) is 11.0. The molecule has 0 saturated heterocycles. The highest BCUT2D eigenvalue weighted by atomic mass is 35.5. The van der Waals surface area contributed by atoms with Crippen LogP contribution in [-0.4, -0.2) is 19.6 Å². The van der Waals surface area contributed by atoms with E-state index in [-0.39, 0.29) is 0 Å². The Hall–Kier alpha value is -1.94. The predicted molar refractivity (Wildman–Crippen MR) is 61.2 cm³/mol. The highest BCUT2D eigenvalue weighted by Gasteiger charge is 2.06. The lowest BCUT2D eigenvalue weighted by molar-refractivity contribution is 0.944. The summed E-state index contributed by atoms with van der Waals surface area (Å²) in [6.07, 6.45) is 5.12. The minimum absolute atomic E-state index is 0.547. The molecule has 0 atom stereocenters. The molecular formula is C11H7ClN4. The van der Waals surface area contributed by atoms with E-state index in [1.165, 1.54) is 0 Å². The summed E-state index contributed by atoms with van der Waals surface area (Å²) in [5.74, 6) is 0. The van der Waals surface area contributed by atoms with Gasteiger partial charge in [-0.25, -0.2) is 9.50 Å². The average molecular weight is 231 g/mol. The summed E-state index contributed by atoms with van der Waals surface area (Å²) in [5.41, 5.74) is 2.57. The lowest BCUT2D eigenvalue weighted by atomic mass is 10.2. The highest BCUT2D eigenvalue weighted by molar-refractivity contribution is 6.29. The third kappa shape index (κ3) is 1.44. The molecule has 0 aliphatic heterocycles. The van der Waals surface area contributed by atoms with E-state index in [9.17, 15) is 0 Å². The highest BCUT2D eigenvalue weighted by Crippen LogP contribution is 2.19. The maximum absolute atomic E-state index is 6.01. The second-order valence-corrected chi connectivity index (χ2v) is 3.69. The van der Waals surface area contributed by atoms with Crippen molar-refractivity contribution in [3.63, 3.8) is 0 Å². The molecule has 0 fully saturated rings. The number of rotatable bonds is 1. The molecular weight excluding hydrogens is 224 g/mol. The molecule has 16 heavy (non-hydrogen) atoms. The maximum Gasteiger partial charge on any atom is 0.157 e. The van der Waals surface area contributed by atoms with Crippen molar-refractivity contribution >= 4 is 17.2 Å². The summed E-state index contributed by atoms with van der Waals surface area (Å²) < 4.78 is 1.61. The number of halogens is 1. The Balaban J connectivity index is 2.23. The fourth-order valence-corrected chi connectivity index (χ4v) is 1.71. The average Bonchev–Trinajstić information content (AvgIpc) is 2.76. The van der Waals surface area contributed by atoms with Crippen molar-refractivity contribution < 1.29 is 0 Å². The minimum atomic E-state index is 0.547. The molecule has 0 bridgehead atoms. The molecule has 0 unspecified atom stereocenters. The van der Waals surface area contributed by atoms with Crippen LogP contribution in [0.15, 0.2) is 42.9 Å². The van der Waals surface area contributed by atoms with Crippen LogP contribution in [-0.2, 0) is 0 Å². The van der Waals surface area contributed by atoms with E-state index in [1.54, 1.807) is 29.2 Å². The summed E-state index contributed by atoms with van der Waals surface area (Å²) in [6, 6.07) is 7.39. The predicted octanol–water partition coefficient (Wildman–Crippen LogP) is 2.44. The second-order valence-electron chi connectivity index (χ2n) is 3.30. The molecule has 3 rings (SSSR count). The Kier molecular flexibility index (Phi) is 2.08. The Morgan fingerprint density at radius 3 is 2.62 bits per heavy atom. The summed E-state index contributed by atoms with van der Waals surface area (Å²) >= 11 is 6.01. The molecule has 0 radical (unpaired) electrons. The lowest BCUT2D eigenvalue weighted by Gasteiger charge is -1.94. The SMILES string of the molecule is Clc1ccnc2cc(-c3ccncc3)nn12. The fourth-order valence-electron chi connectivity index (χ4n) is 1.53. The Bertz CT molecular complexity index is 633. The van der Waals surface area contributed by atoms with Gasteiger partial charge in [0.1, 0.15) is 5.15 Å². The number of pyridine rings is 1. The first-order chi connectivity index (χ1) is 7.84. The van der Waals surface area contributed by atoms with Gasteiger partial charge in [-0.2, -0.15) is 5.10 Å². The van der Waals surface area contributed by atoms with Crippen molar-refractivity contribution in [2.45, 2.75) is 0 Å². The second kappa shape index (κ2) is 3.57. The van der Waals surface area contributed by atoms with Crippen LogP contribution in [0.4, 0.5) is 0 Å². The molecule has 0 aliphatic carbocycles. The lowest BCUT2D eigenvalue weighted by Crippen LogP contribution is -1.90.